The molecule has 0 unspecified atom stereocenters. The van der Waals surface area contributed by atoms with E-state index in [4.69, 9.17) is 23.2 Å². The molecule has 7 heteroatoms. The summed E-state index contributed by atoms with van der Waals surface area (Å²) in [6.07, 6.45) is -1.18. The lowest BCUT2D eigenvalue weighted by molar-refractivity contribution is 0.128. The van der Waals surface area contributed by atoms with Gasteiger partial charge in [0.2, 0.25) is 0 Å². The quantitative estimate of drug-likeness (QED) is 0.495. The zero-order chi connectivity index (χ0) is 9.72. The van der Waals surface area contributed by atoms with Gasteiger partial charge < -0.3 is 4.74 Å². The van der Waals surface area contributed by atoms with E-state index in [2.05, 4.69) is 4.74 Å². The fraction of sp³-hybridized carbons (Fsp3) is 0.400. The number of halogens is 2. The number of amides is 3. The Morgan fingerprint density at radius 3 is 1.92 bits per heavy atom. The van der Waals surface area contributed by atoms with Crippen LogP contribution < -0.4 is 0 Å². The summed E-state index contributed by atoms with van der Waals surface area (Å²) in [4.78, 5) is 31.5. The van der Waals surface area contributed by atoms with Crippen molar-refractivity contribution in [2.75, 3.05) is 6.61 Å². The highest BCUT2D eigenvalue weighted by Crippen LogP contribution is 2.04. The van der Waals surface area contributed by atoms with Crippen LogP contribution in [0.1, 0.15) is 6.92 Å². The van der Waals surface area contributed by atoms with Crippen LogP contribution in [-0.4, -0.2) is 28.3 Å². The van der Waals surface area contributed by atoms with Gasteiger partial charge >= 0.3 is 16.8 Å². The van der Waals surface area contributed by atoms with Crippen molar-refractivity contribution in [1.82, 2.24) is 4.90 Å². The molecule has 0 atom stereocenters. The molecule has 0 aliphatic carbocycles. The van der Waals surface area contributed by atoms with Gasteiger partial charge in [-0.15, -0.1) is 0 Å². The van der Waals surface area contributed by atoms with Gasteiger partial charge in [-0.3, -0.25) is 9.59 Å². The maximum absolute atomic E-state index is 10.7. The van der Waals surface area contributed by atoms with Crippen molar-refractivity contribution >= 4 is 40.0 Å². The Morgan fingerprint density at radius 1 is 1.25 bits per heavy atom. The Balaban J connectivity index is 4.41. The van der Waals surface area contributed by atoms with Gasteiger partial charge in [0.05, 0.1) is 6.61 Å². The van der Waals surface area contributed by atoms with Crippen LogP contribution in [0.3, 0.4) is 0 Å². The minimum atomic E-state index is -1.30. The van der Waals surface area contributed by atoms with E-state index in [1.807, 2.05) is 0 Å². The smallest absolute Gasteiger partial charge is 0.425 e. The second kappa shape index (κ2) is 4.95. The van der Waals surface area contributed by atoms with Crippen molar-refractivity contribution in [2.45, 2.75) is 6.92 Å². The van der Waals surface area contributed by atoms with E-state index in [9.17, 15) is 14.4 Å². The third kappa shape index (κ3) is 3.06. The Kier molecular flexibility index (Phi) is 4.61. The molecule has 0 aromatic carbocycles. The Labute approximate surface area is 78.2 Å². The van der Waals surface area contributed by atoms with Crippen molar-refractivity contribution in [3.63, 3.8) is 0 Å². The van der Waals surface area contributed by atoms with Crippen LogP contribution in [0.5, 0.6) is 0 Å². The molecule has 0 radical (unpaired) electrons. The molecule has 0 aromatic rings. The maximum Gasteiger partial charge on any atom is 0.425 e. The first-order valence-electron chi connectivity index (χ1n) is 2.86. The molecule has 0 aliphatic heterocycles. The van der Waals surface area contributed by atoms with Crippen LogP contribution in [0, 0.1) is 0 Å². The van der Waals surface area contributed by atoms with Crippen LogP contribution in [0.4, 0.5) is 14.4 Å². The van der Waals surface area contributed by atoms with Gasteiger partial charge in [0, 0.05) is 0 Å². The number of rotatable bonds is 1. The van der Waals surface area contributed by atoms with Crippen LogP contribution in [0.15, 0.2) is 0 Å². The average Bonchev–Trinajstić information content (AvgIpc) is 1.85. The van der Waals surface area contributed by atoms with E-state index in [0.29, 0.717) is 0 Å². The summed E-state index contributed by atoms with van der Waals surface area (Å²) < 4.78 is 4.30. The van der Waals surface area contributed by atoms with E-state index < -0.39 is 16.8 Å². The molecule has 0 saturated carbocycles. The zero-order valence-corrected chi connectivity index (χ0v) is 7.56. The van der Waals surface area contributed by atoms with E-state index in [0.717, 1.165) is 0 Å². The third-order valence-corrected chi connectivity index (χ3v) is 1.14. The molecule has 0 fully saturated rings. The van der Waals surface area contributed by atoms with Gasteiger partial charge in [-0.2, -0.15) is 4.90 Å². The standard InChI is InChI=1S/C5H5Cl2NO4/c1-2-12-5(11)8(3(6)9)4(7)10/h2H2,1H3. The molecule has 0 aliphatic rings. The number of hydrogen-bond donors (Lipinski definition) is 0. The molecule has 12 heavy (non-hydrogen) atoms. The number of nitrogens with zero attached hydrogens (tertiary/aromatic N) is 1. The maximum atomic E-state index is 10.7. The zero-order valence-electron chi connectivity index (χ0n) is 6.04. The van der Waals surface area contributed by atoms with Gasteiger partial charge in [0.25, 0.3) is 0 Å². The first kappa shape index (κ1) is 11.2. The van der Waals surface area contributed by atoms with Gasteiger partial charge in [0.1, 0.15) is 0 Å². The molecule has 0 N–H and O–H groups in total. The predicted octanol–water partition coefficient (Wildman–Crippen LogP) is 2.16. The lowest BCUT2D eigenvalue weighted by Gasteiger charge is -2.10. The second-order valence-electron chi connectivity index (χ2n) is 1.54. The number of imide groups is 3. The lowest BCUT2D eigenvalue weighted by Crippen LogP contribution is -2.35. The van der Waals surface area contributed by atoms with E-state index >= 15 is 0 Å². The first-order valence-corrected chi connectivity index (χ1v) is 3.62. The summed E-state index contributed by atoms with van der Waals surface area (Å²) in [6.45, 7) is 1.52. The highest BCUT2D eigenvalue weighted by atomic mass is 35.5. The largest absolute Gasteiger partial charge is 0.449 e. The number of carbonyl (C=O) groups is 3. The van der Waals surface area contributed by atoms with Crippen molar-refractivity contribution in [3.05, 3.63) is 0 Å². The van der Waals surface area contributed by atoms with Crippen LogP contribution >= 0.6 is 23.2 Å². The van der Waals surface area contributed by atoms with E-state index in [1.54, 1.807) is 0 Å². The summed E-state index contributed by atoms with van der Waals surface area (Å²) in [5.74, 6) is 0. The molecule has 0 bridgehead atoms. The summed E-state index contributed by atoms with van der Waals surface area (Å²) in [5, 5.41) is -2.60. The Hall–Kier alpha value is -0.810. The van der Waals surface area contributed by atoms with Crippen LogP contribution in [0.2, 0.25) is 0 Å². The SMILES string of the molecule is CCOC(=O)N(C(=O)Cl)C(=O)Cl. The molecule has 68 valence electrons. The molecule has 0 heterocycles. The average molecular weight is 214 g/mol. The van der Waals surface area contributed by atoms with Crippen molar-refractivity contribution in [2.24, 2.45) is 0 Å². The minimum absolute atomic E-state index is 0.0175. The number of hydrogen-bond acceptors (Lipinski definition) is 4. The Morgan fingerprint density at radius 2 is 1.67 bits per heavy atom. The van der Waals surface area contributed by atoms with Crippen molar-refractivity contribution in [1.29, 1.82) is 0 Å². The summed E-state index contributed by atoms with van der Waals surface area (Å²) in [5.41, 5.74) is 0. The highest BCUT2D eigenvalue weighted by Gasteiger charge is 2.26. The number of ether oxygens (including phenoxy) is 1. The van der Waals surface area contributed by atoms with E-state index in [-0.39, 0.29) is 11.5 Å². The second-order valence-corrected chi connectivity index (χ2v) is 2.19. The summed E-state index contributed by atoms with van der Waals surface area (Å²) >= 11 is 9.70. The molecular weight excluding hydrogens is 209 g/mol. The third-order valence-electron chi connectivity index (χ3n) is 0.802. The molecule has 3 amide bonds. The fourth-order valence-electron chi connectivity index (χ4n) is 0.401. The summed E-state index contributed by atoms with van der Waals surface area (Å²) in [7, 11) is 0. The number of carbonyl (C=O) groups excluding carboxylic acids is 3. The molecule has 5 nitrogen and oxygen atoms in total. The van der Waals surface area contributed by atoms with Gasteiger partial charge in [-0.25, -0.2) is 4.79 Å². The molecule has 0 saturated heterocycles. The van der Waals surface area contributed by atoms with Crippen molar-refractivity contribution < 1.29 is 19.1 Å². The lowest BCUT2D eigenvalue weighted by atomic mass is 10.8. The van der Waals surface area contributed by atoms with Gasteiger partial charge in [-0.1, -0.05) is 0 Å². The Bertz CT molecular complexity index is 203. The van der Waals surface area contributed by atoms with E-state index in [1.165, 1.54) is 6.92 Å². The molecule has 0 aromatic heterocycles. The monoisotopic (exact) mass is 213 g/mol. The molecular formula is C5H5Cl2NO4. The van der Waals surface area contributed by atoms with Gasteiger partial charge in [-0.05, 0) is 30.1 Å². The highest BCUT2D eigenvalue weighted by molar-refractivity contribution is 6.72. The van der Waals surface area contributed by atoms with Gasteiger partial charge in [0.15, 0.2) is 0 Å². The van der Waals surface area contributed by atoms with Crippen LogP contribution in [0.25, 0.3) is 0 Å². The topological polar surface area (TPSA) is 63.7 Å². The fourth-order valence-corrected chi connectivity index (χ4v) is 0.735. The molecule has 0 spiro atoms. The molecule has 0 rings (SSSR count). The normalized spacial score (nSPS) is 8.92. The predicted molar refractivity (Wildman–Crippen MR) is 41.4 cm³/mol. The van der Waals surface area contributed by atoms with Crippen LogP contribution in [-0.2, 0) is 4.74 Å². The van der Waals surface area contributed by atoms with Crippen molar-refractivity contribution in [3.8, 4) is 0 Å². The first-order chi connectivity index (χ1) is 5.50. The minimum Gasteiger partial charge on any atom is -0.449 e. The summed E-state index contributed by atoms with van der Waals surface area (Å²) in [6, 6.07) is 0.